The number of carbonyl (C=O) groups is 1. The summed E-state index contributed by atoms with van der Waals surface area (Å²) in [5.74, 6) is 1.72. The normalized spacial score (nSPS) is 17.3. The Morgan fingerprint density at radius 3 is 2.78 bits per heavy atom. The van der Waals surface area contributed by atoms with Crippen LogP contribution in [-0.4, -0.2) is 55.0 Å². The molecule has 2 rings (SSSR count). The van der Waals surface area contributed by atoms with Crippen molar-refractivity contribution in [3.63, 3.8) is 0 Å². The minimum Gasteiger partial charge on any atom is -0.492 e. The number of halogens is 1. The highest BCUT2D eigenvalue weighted by Gasteiger charge is 2.26. The van der Waals surface area contributed by atoms with Crippen LogP contribution >= 0.6 is 11.6 Å². The van der Waals surface area contributed by atoms with E-state index in [1.807, 2.05) is 42.0 Å². The van der Waals surface area contributed by atoms with E-state index in [2.05, 4.69) is 6.92 Å². The third-order valence-corrected chi connectivity index (χ3v) is 4.86. The van der Waals surface area contributed by atoms with Crippen molar-refractivity contribution in [2.45, 2.75) is 32.7 Å². The second-order valence-corrected chi connectivity index (χ2v) is 6.91. The van der Waals surface area contributed by atoms with Crippen LogP contribution in [0, 0.1) is 5.92 Å². The molecule has 4 nitrogen and oxygen atoms in total. The third kappa shape index (κ3) is 5.40. The molecule has 128 valence electrons. The second kappa shape index (κ2) is 8.55. The highest BCUT2D eigenvalue weighted by molar-refractivity contribution is 6.30. The average molecular weight is 339 g/mol. The molecular formula is C18H27ClN2O2. The van der Waals surface area contributed by atoms with E-state index >= 15 is 0 Å². The summed E-state index contributed by atoms with van der Waals surface area (Å²) in [6.07, 6.45) is 2.22. The van der Waals surface area contributed by atoms with Crippen molar-refractivity contribution in [3.8, 4) is 5.75 Å². The molecule has 1 aromatic carbocycles. The summed E-state index contributed by atoms with van der Waals surface area (Å²) in [5.41, 5.74) is 0. The van der Waals surface area contributed by atoms with Gasteiger partial charge in [0, 0.05) is 24.7 Å². The zero-order valence-electron chi connectivity index (χ0n) is 14.3. The summed E-state index contributed by atoms with van der Waals surface area (Å²) < 4.78 is 5.70. The molecule has 1 unspecified atom stereocenters. The highest BCUT2D eigenvalue weighted by Crippen LogP contribution is 2.18. The van der Waals surface area contributed by atoms with E-state index in [9.17, 15) is 4.79 Å². The molecule has 1 amide bonds. The smallest absolute Gasteiger partial charge is 0.239 e. The summed E-state index contributed by atoms with van der Waals surface area (Å²) >= 11 is 5.93. The number of hydrogen-bond donors (Lipinski definition) is 0. The van der Waals surface area contributed by atoms with E-state index in [-0.39, 0.29) is 11.9 Å². The van der Waals surface area contributed by atoms with Crippen molar-refractivity contribution in [1.82, 2.24) is 9.80 Å². The molecule has 0 bridgehead atoms. The Morgan fingerprint density at radius 2 is 2.13 bits per heavy atom. The Balaban J connectivity index is 1.75. The predicted octanol–water partition coefficient (Wildman–Crippen LogP) is 3.30. The van der Waals surface area contributed by atoms with Gasteiger partial charge in [0.25, 0.3) is 0 Å². The molecule has 0 aliphatic carbocycles. The lowest BCUT2D eigenvalue weighted by Gasteiger charge is -2.34. The van der Waals surface area contributed by atoms with Crippen molar-refractivity contribution in [3.05, 3.63) is 29.3 Å². The van der Waals surface area contributed by atoms with Crippen LogP contribution < -0.4 is 4.74 Å². The molecule has 0 aromatic heterocycles. The highest BCUT2D eigenvalue weighted by atomic mass is 35.5. The van der Waals surface area contributed by atoms with Crippen molar-refractivity contribution in [2.24, 2.45) is 5.92 Å². The monoisotopic (exact) mass is 338 g/mol. The summed E-state index contributed by atoms with van der Waals surface area (Å²) in [4.78, 5) is 16.6. The van der Waals surface area contributed by atoms with Crippen molar-refractivity contribution in [2.75, 3.05) is 33.3 Å². The van der Waals surface area contributed by atoms with E-state index in [0.29, 0.717) is 18.2 Å². The number of rotatable bonds is 6. The van der Waals surface area contributed by atoms with Gasteiger partial charge in [-0.1, -0.05) is 24.6 Å². The molecule has 1 aromatic rings. The Hall–Kier alpha value is -1.26. The van der Waals surface area contributed by atoms with Gasteiger partial charge in [0.05, 0.1) is 6.04 Å². The van der Waals surface area contributed by atoms with Gasteiger partial charge >= 0.3 is 0 Å². The van der Waals surface area contributed by atoms with Gasteiger partial charge in [0.15, 0.2) is 0 Å². The zero-order valence-corrected chi connectivity index (χ0v) is 15.1. The van der Waals surface area contributed by atoms with Gasteiger partial charge in [-0.25, -0.2) is 0 Å². The fraction of sp³-hybridized carbons (Fsp3) is 0.611. The lowest BCUT2D eigenvalue weighted by Crippen LogP contribution is -2.49. The van der Waals surface area contributed by atoms with Gasteiger partial charge in [0.1, 0.15) is 12.4 Å². The SMILES string of the molecule is CC1CCN(C(=O)C(C)N(C)CCOc2cccc(Cl)c2)CC1. The standard InChI is InChI=1S/C18H27ClN2O2/c1-14-7-9-21(10-8-14)18(22)15(2)20(3)11-12-23-17-6-4-5-16(19)13-17/h4-6,13-15H,7-12H2,1-3H3. The number of nitrogens with zero attached hydrogens (tertiary/aromatic N) is 2. The maximum absolute atomic E-state index is 12.5. The lowest BCUT2D eigenvalue weighted by atomic mass is 9.99. The van der Waals surface area contributed by atoms with E-state index < -0.39 is 0 Å². The predicted molar refractivity (Wildman–Crippen MR) is 94.0 cm³/mol. The summed E-state index contributed by atoms with van der Waals surface area (Å²) in [6, 6.07) is 7.25. The quantitative estimate of drug-likeness (QED) is 0.798. The molecule has 0 radical (unpaired) electrons. The third-order valence-electron chi connectivity index (χ3n) is 4.62. The minimum absolute atomic E-state index is 0.119. The van der Waals surface area contributed by atoms with Crippen molar-refractivity contribution < 1.29 is 9.53 Å². The van der Waals surface area contributed by atoms with Gasteiger partial charge < -0.3 is 9.64 Å². The number of hydrogen-bond acceptors (Lipinski definition) is 3. The van der Waals surface area contributed by atoms with Crippen molar-refractivity contribution >= 4 is 17.5 Å². The van der Waals surface area contributed by atoms with E-state index in [4.69, 9.17) is 16.3 Å². The number of amides is 1. The maximum atomic E-state index is 12.5. The number of piperidine rings is 1. The zero-order chi connectivity index (χ0) is 16.8. The molecular weight excluding hydrogens is 312 g/mol. The molecule has 0 N–H and O–H groups in total. The molecule has 1 aliphatic rings. The summed E-state index contributed by atoms with van der Waals surface area (Å²) in [6.45, 7) is 7.23. The van der Waals surface area contributed by atoms with Gasteiger partial charge in [-0.3, -0.25) is 9.69 Å². The first-order valence-electron chi connectivity index (χ1n) is 8.34. The van der Waals surface area contributed by atoms with Gasteiger partial charge in [0.2, 0.25) is 5.91 Å². The Kier molecular flexibility index (Phi) is 6.72. The first kappa shape index (κ1) is 18.1. The van der Waals surface area contributed by atoms with Crippen LogP contribution in [0.3, 0.4) is 0 Å². The Morgan fingerprint density at radius 1 is 1.43 bits per heavy atom. The number of ether oxygens (including phenoxy) is 1. The number of benzene rings is 1. The molecule has 23 heavy (non-hydrogen) atoms. The van der Waals surface area contributed by atoms with Crippen LogP contribution in [0.4, 0.5) is 0 Å². The largest absolute Gasteiger partial charge is 0.492 e. The fourth-order valence-corrected chi connectivity index (χ4v) is 2.92. The van der Waals surface area contributed by atoms with Crippen molar-refractivity contribution in [1.29, 1.82) is 0 Å². The maximum Gasteiger partial charge on any atom is 0.239 e. The molecule has 0 saturated carbocycles. The van der Waals surface area contributed by atoms with Crippen LogP contribution in [0.1, 0.15) is 26.7 Å². The second-order valence-electron chi connectivity index (χ2n) is 6.47. The van der Waals surface area contributed by atoms with Crippen LogP contribution in [0.2, 0.25) is 5.02 Å². The molecule has 1 fully saturated rings. The lowest BCUT2D eigenvalue weighted by molar-refractivity contribution is -0.137. The van der Waals surface area contributed by atoms with Crippen LogP contribution in [-0.2, 0) is 4.79 Å². The first-order chi connectivity index (χ1) is 11.0. The first-order valence-corrected chi connectivity index (χ1v) is 8.72. The molecule has 5 heteroatoms. The number of carbonyl (C=O) groups excluding carboxylic acids is 1. The van der Waals surface area contributed by atoms with Gasteiger partial charge in [-0.05, 0) is 50.9 Å². The van der Waals surface area contributed by atoms with Gasteiger partial charge in [-0.15, -0.1) is 0 Å². The average Bonchev–Trinajstić information content (AvgIpc) is 2.54. The molecule has 1 heterocycles. The van der Waals surface area contributed by atoms with E-state index in [1.165, 1.54) is 0 Å². The van der Waals surface area contributed by atoms with Crippen LogP contribution in [0.5, 0.6) is 5.75 Å². The van der Waals surface area contributed by atoms with E-state index in [0.717, 1.165) is 37.6 Å². The fourth-order valence-electron chi connectivity index (χ4n) is 2.74. The molecule has 1 saturated heterocycles. The summed E-state index contributed by atoms with van der Waals surface area (Å²) in [5, 5.41) is 0.665. The minimum atomic E-state index is -0.119. The Bertz CT molecular complexity index is 515. The Labute approximate surface area is 144 Å². The van der Waals surface area contributed by atoms with Gasteiger partial charge in [-0.2, -0.15) is 0 Å². The topological polar surface area (TPSA) is 32.8 Å². The molecule has 0 spiro atoms. The van der Waals surface area contributed by atoms with Crippen LogP contribution in [0.25, 0.3) is 0 Å². The number of likely N-dealkylation sites (N-methyl/N-ethyl adjacent to an activating group) is 1. The molecule has 1 aliphatic heterocycles. The van der Waals surface area contributed by atoms with Crippen LogP contribution in [0.15, 0.2) is 24.3 Å². The van der Waals surface area contributed by atoms with E-state index in [1.54, 1.807) is 6.07 Å². The summed E-state index contributed by atoms with van der Waals surface area (Å²) in [7, 11) is 1.97. The number of likely N-dealkylation sites (tertiary alicyclic amines) is 1. The molecule has 1 atom stereocenters.